The fraction of sp³-hybridized carbons (Fsp3) is 0.975. The van der Waals surface area contributed by atoms with Crippen LogP contribution in [0, 0.1) is 51.2 Å². The van der Waals surface area contributed by atoms with Gasteiger partial charge in [0.25, 0.3) is 0 Å². The molecule has 9 unspecified atom stereocenters. The first kappa shape index (κ1) is 34.3. The zero-order valence-electron chi connectivity index (χ0n) is 31.0. The van der Waals surface area contributed by atoms with Crippen molar-refractivity contribution >= 4 is 5.97 Å². The fourth-order valence-electron chi connectivity index (χ4n) is 13.6. The highest BCUT2D eigenvalue weighted by Gasteiger charge is 2.80. The summed E-state index contributed by atoms with van der Waals surface area (Å²) in [6.07, 6.45) is 12.1. The number of carbonyl (C=O) groups is 1. The van der Waals surface area contributed by atoms with Gasteiger partial charge in [0.1, 0.15) is 0 Å². The SMILES string of the molecule is CC(C)CC(=O)O[C@@H](C1CCC2C(CC3C4CCC5C(C)(C)[C@@H](OC6CN(C7COC7)CCO6)CCC56C[C@@]46CCC23C)O1)C(C)(C)O. The number of fused-ring (bicyclic) bond motifs is 4. The van der Waals surface area contributed by atoms with E-state index < -0.39 is 11.7 Å². The van der Waals surface area contributed by atoms with Crippen LogP contribution in [0.25, 0.3) is 0 Å². The molecule has 2 spiro atoms. The van der Waals surface area contributed by atoms with E-state index in [0.29, 0.717) is 46.5 Å². The molecule has 8 fully saturated rings. The van der Waals surface area contributed by atoms with Gasteiger partial charge in [-0.05, 0) is 129 Å². The number of hydrogen-bond donors (Lipinski definition) is 1. The number of morpholine rings is 1. The monoisotopic (exact) mass is 671 g/mol. The van der Waals surface area contributed by atoms with E-state index in [2.05, 4.69) is 25.7 Å². The zero-order valence-corrected chi connectivity index (χ0v) is 31.0. The summed E-state index contributed by atoms with van der Waals surface area (Å²) in [5.41, 5.74) is 0.256. The van der Waals surface area contributed by atoms with E-state index in [-0.39, 0.29) is 41.9 Å². The van der Waals surface area contributed by atoms with Crippen LogP contribution in [0.2, 0.25) is 0 Å². The van der Waals surface area contributed by atoms with Crippen molar-refractivity contribution in [3.05, 3.63) is 0 Å². The molecular formula is C40H65NO7. The highest BCUT2D eigenvalue weighted by Crippen LogP contribution is 2.87. The van der Waals surface area contributed by atoms with Crippen LogP contribution in [0.4, 0.5) is 0 Å². The van der Waals surface area contributed by atoms with Gasteiger partial charge in [0, 0.05) is 13.0 Å². The van der Waals surface area contributed by atoms with Crippen LogP contribution in [-0.2, 0) is 28.5 Å². The van der Waals surface area contributed by atoms with Crippen molar-refractivity contribution in [1.82, 2.24) is 4.90 Å². The second kappa shape index (κ2) is 11.9. The molecule has 5 aliphatic carbocycles. The third kappa shape index (κ3) is 5.30. The summed E-state index contributed by atoms with van der Waals surface area (Å²) >= 11 is 0. The van der Waals surface area contributed by atoms with E-state index >= 15 is 0 Å². The van der Waals surface area contributed by atoms with Gasteiger partial charge in [-0.3, -0.25) is 9.69 Å². The van der Waals surface area contributed by atoms with Gasteiger partial charge in [-0.15, -0.1) is 0 Å². The summed E-state index contributed by atoms with van der Waals surface area (Å²) in [5.74, 6) is 2.73. The van der Waals surface area contributed by atoms with E-state index in [1.165, 1.54) is 38.5 Å². The van der Waals surface area contributed by atoms with E-state index in [9.17, 15) is 9.90 Å². The highest BCUT2D eigenvalue weighted by molar-refractivity contribution is 5.70. The number of hydrogen-bond acceptors (Lipinski definition) is 8. The van der Waals surface area contributed by atoms with Gasteiger partial charge in [0.05, 0.1) is 56.3 Å². The minimum Gasteiger partial charge on any atom is -0.457 e. The maximum Gasteiger partial charge on any atom is 0.306 e. The molecule has 8 aliphatic rings. The normalized spacial score (nSPS) is 47.5. The molecular weight excluding hydrogens is 606 g/mol. The van der Waals surface area contributed by atoms with Crippen molar-refractivity contribution in [2.24, 2.45) is 51.2 Å². The maximum atomic E-state index is 12.8. The zero-order chi connectivity index (χ0) is 33.9. The molecule has 0 amide bonds. The first-order valence-electron chi connectivity index (χ1n) is 19.8. The van der Waals surface area contributed by atoms with Crippen molar-refractivity contribution in [2.45, 2.75) is 161 Å². The first-order valence-corrected chi connectivity index (χ1v) is 19.8. The van der Waals surface area contributed by atoms with E-state index in [0.717, 1.165) is 64.5 Å². The molecule has 272 valence electrons. The van der Waals surface area contributed by atoms with Crippen molar-refractivity contribution in [3.63, 3.8) is 0 Å². The third-order valence-corrected chi connectivity index (χ3v) is 15.9. The molecule has 48 heavy (non-hydrogen) atoms. The molecule has 0 radical (unpaired) electrons. The third-order valence-electron chi connectivity index (χ3n) is 15.9. The Balaban J connectivity index is 0.951. The predicted molar refractivity (Wildman–Crippen MR) is 182 cm³/mol. The Bertz CT molecular complexity index is 1230. The van der Waals surface area contributed by atoms with Crippen LogP contribution >= 0.6 is 0 Å². The molecule has 1 N–H and O–H groups in total. The van der Waals surface area contributed by atoms with Crippen LogP contribution in [0.5, 0.6) is 0 Å². The molecule has 0 aromatic heterocycles. The van der Waals surface area contributed by atoms with Gasteiger partial charge in [-0.2, -0.15) is 0 Å². The van der Waals surface area contributed by atoms with Crippen molar-refractivity contribution in [1.29, 1.82) is 0 Å². The number of rotatable bonds is 8. The molecule has 8 heteroatoms. The Morgan fingerprint density at radius 1 is 0.979 bits per heavy atom. The van der Waals surface area contributed by atoms with Gasteiger partial charge < -0.3 is 28.8 Å². The standard InChI is InChI=1S/C40H65NO7/c1-24(2)18-33(42)48-35(37(5,6)43)29-10-8-27-30(46-29)19-28-26-9-11-31-36(3,4)32(47-34-20-41(16-17-45-34)25-21-44-22-25)12-13-40(31)23-39(26,40)15-14-38(27,28)7/h24-32,34-35,43H,8-23H2,1-7H3/t26?,27?,28?,29?,30?,31?,32-,34?,35-,38?,39-,40?/m0/s1. The van der Waals surface area contributed by atoms with Gasteiger partial charge >= 0.3 is 5.97 Å². The van der Waals surface area contributed by atoms with Gasteiger partial charge in [0.2, 0.25) is 0 Å². The molecule has 0 aromatic rings. The summed E-state index contributed by atoms with van der Waals surface area (Å²) in [5, 5.41) is 11.1. The molecule has 0 aromatic carbocycles. The Labute approximate surface area is 289 Å². The molecule has 5 saturated carbocycles. The minimum atomic E-state index is -1.15. The smallest absolute Gasteiger partial charge is 0.306 e. The lowest BCUT2D eigenvalue weighted by Gasteiger charge is -2.60. The van der Waals surface area contributed by atoms with Crippen LogP contribution in [0.1, 0.15) is 119 Å². The van der Waals surface area contributed by atoms with Crippen molar-refractivity contribution in [3.8, 4) is 0 Å². The van der Waals surface area contributed by atoms with Crippen molar-refractivity contribution in [2.75, 3.05) is 32.9 Å². The van der Waals surface area contributed by atoms with E-state index in [1.807, 2.05) is 13.8 Å². The van der Waals surface area contributed by atoms with Gasteiger partial charge in [-0.1, -0.05) is 34.6 Å². The number of nitrogens with zero attached hydrogens (tertiary/aromatic N) is 1. The number of aliphatic hydroxyl groups is 1. The Hall–Kier alpha value is -0.770. The van der Waals surface area contributed by atoms with Crippen LogP contribution in [0.3, 0.4) is 0 Å². The average molecular weight is 672 g/mol. The lowest BCUT2D eigenvalue weighted by Crippen LogP contribution is -2.58. The quantitative estimate of drug-likeness (QED) is 0.299. The minimum absolute atomic E-state index is 0.127. The number of carbonyl (C=O) groups excluding carboxylic acids is 1. The average Bonchev–Trinajstić information content (AvgIpc) is 3.55. The Morgan fingerprint density at radius 3 is 2.46 bits per heavy atom. The molecule has 8 rings (SSSR count). The Kier molecular flexibility index (Phi) is 8.49. The Morgan fingerprint density at radius 2 is 1.75 bits per heavy atom. The second-order valence-corrected chi connectivity index (χ2v) is 19.6. The molecule has 8 nitrogen and oxygen atoms in total. The maximum absolute atomic E-state index is 12.8. The fourth-order valence-corrected chi connectivity index (χ4v) is 13.6. The lowest BCUT2D eigenvalue weighted by atomic mass is 9.46. The summed E-state index contributed by atoms with van der Waals surface area (Å²) in [6.45, 7) is 19.5. The lowest BCUT2D eigenvalue weighted by molar-refractivity contribution is -0.253. The molecule has 0 bridgehead atoms. The largest absolute Gasteiger partial charge is 0.457 e. The summed E-state index contributed by atoms with van der Waals surface area (Å²) in [6, 6.07) is 0.534. The van der Waals surface area contributed by atoms with Crippen LogP contribution in [-0.4, -0.2) is 91.2 Å². The highest BCUT2D eigenvalue weighted by atomic mass is 16.7. The molecule has 3 heterocycles. The molecule has 3 aliphatic heterocycles. The molecule has 3 saturated heterocycles. The van der Waals surface area contributed by atoms with Crippen molar-refractivity contribution < 1.29 is 33.6 Å². The van der Waals surface area contributed by atoms with E-state index in [1.54, 1.807) is 13.8 Å². The van der Waals surface area contributed by atoms with Crippen LogP contribution in [0.15, 0.2) is 0 Å². The van der Waals surface area contributed by atoms with E-state index in [4.69, 9.17) is 23.7 Å². The van der Waals surface area contributed by atoms with Crippen LogP contribution < -0.4 is 0 Å². The topological polar surface area (TPSA) is 86.7 Å². The summed E-state index contributed by atoms with van der Waals surface area (Å²) in [7, 11) is 0. The number of ether oxygens (including phenoxy) is 5. The summed E-state index contributed by atoms with van der Waals surface area (Å²) < 4.78 is 31.6. The van der Waals surface area contributed by atoms with Gasteiger partial charge in [-0.25, -0.2) is 0 Å². The summed E-state index contributed by atoms with van der Waals surface area (Å²) in [4.78, 5) is 15.3. The second-order valence-electron chi connectivity index (χ2n) is 19.6. The van der Waals surface area contributed by atoms with Gasteiger partial charge in [0.15, 0.2) is 12.4 Å². The number of esters is 1. The molecule has 12 atom stereocenters. The first-order chi connectivity index (χ1) is 22.7. The predicted octanol–water partition coefficient (Wildman–Crippen LogP) is 6.36.